The van der Waals surface area contributed by atoms with E-state index in [1.54, 1.807) is 5.57 Å². The molecule has 5 aliphatic carbocycles. The Morgan fingerprint density at radius 2 is 1.51 bits per heavy atom. The van der Waals surface area contributed by atoms with Crippen LogP contribution in [0.1, 0.15) is 134 Å². The second kappa shape index (κ2) is 8.84. The average molecular weight is 539 g/mol. The van der Waals surface area contributed by atoms with Gasteiger partial charge >= 0.3 is 6.03 Å². The lowest BCUT2D eigenvalue weighted by molar-refractivity contribution is -0.219. The molecule has 1 unspecified atom stereocenters. The van der Waals surface area contributed by atoms with Crippen molar-refractivity contribution in [2.75, 3.05) is 0 Å². The number of nitrogens with one attached hydrogen (secondary N) is 2. The monoisotopic (exact) mass is 538 g/mol. The molecule has 0 radical (unpaired) electrons. The number of ketones is 1. The maximum Gasteiger partial charge on any atom is 0.315 e. The first-order valence-corrected chi connectivity index (χ1v) is 16.2. The Bertz CT molecular complexity index is 1080. The van der Waals surface area contributed by atoms with Crippen molar-refractivity contribution >= 4 is 11.8 Å². The molecule has 0 aromatic rings. The van der Waals surface area contributed by atoms with Crippen LogP contribution in [-0.4, -0.2) is 23.4 Å². The first kappa shape index (κ1) is 29.2. The first-order valence-electron chi connectivity index (χ1n) is 16.2. The van der Waals surface area contributed by atoms with Crippen molar-refractivity contribution in [1.82, 2.24) is 10.6 Å². The largest absolute Gasteiger partial charge is 0.335 e. The van der Waals surface area contributed by atoms with Crippen LogP contribution in [-0.2, 0) is 4.79 Å². The second-order valence-corrected chi connectivity index (χ2v) is 17.5. The molecule has 39 heavy (non-hydrogen) atoms. The third-order valence-corrected chi connectivity index (χ3v) is 13.5. The molecule has 0 aromatic heterocycles. The number of allylic oxidation sites excluding steroid dienone is 2. The number of Topliss-reactive ketones (excluding diaryl/α,β-unsaturated/α-hetero) is 1. The first-order chi connectivity index (χ1) is 17.8. The van der Waals surface area contributed by atoms with Gasteiger partial charge in [-0.15, -0.1) is 0 Å². The van der Waals surface area contributed by atoms with E-state index in [0.717, 1.165) is 19.3 Å². The highest BCUT2D eigenvalue weighted by molar-refractivity contribution is 6.00. The predicted molar refractivity (Wildman–Crippen MR) is 160 cm³/mol. The Morgan fingerprint density at radius 1 is 0.846 bits per heavy atom. The van der Waals surface area contributed by atoms with Crippen LogP contribution in [0.15, 0.2) is 11.1 Å². The van der Waals surface area contributed by atoms with Gasteiger partial charge in [-0.1, -0.05) is 61.0 Å². The number of fused-ring (bicyclic) bond motifs is 7. The molecule has 8 atom stereocenters. The zero-order chi connectivity index (χ0) is 29.0. The van der Waals surface area contributed by atoms with Crippen molar-refractivity contribution in [3.05, 3.63) is 11.1 Å². The van der Waals surface area contributed by atoms with E-state index in [2.05, 4.69) is 86.8 Å². The van der Waals surface area contributed by atoms with Crippen LogP contribution >= 0.6 is 0 Å². The summed E-state index contributed by atoms with van der Waals surface area (Å²) in [6.07, 6.45) is 10.2. The van der Waals surface area contributed by atoms with Crippen LogP contribution in [0.4, 0.5) is 4.79 Å². The molecule has 0 bridgehead atoms. The Morgan fingerprint density at radius 3 is 2.13 bits per heavy atom. The Hall–Kier alpha value is -1.32. The lowest BCUT2D eigenvalue weighted by Crippen LogP contribution is -2.69. The number of hydrogen-bond acceptors (Lipinski definition) is 2. The highest BCUT2D eigenvalue weighted by Crippen LogP contribution is 2.76. The van der Waals surface area contributed by atoms with Crippen LogP contribution in [0.2, 0.25) is 0 Å². The molecule has 220 valence electrons. The average Bonchev–Trinajstić information content (AvgIpc) is 3.05. The number of rotatable bonds is 2. The zero-order valence-corrected chi connectivity index (χ0v) is 27.1. The molecule has 0 saturated heterocycles. The fraction of sp³-hybridized carbons (Fsp3) is 0.886. The molecular weight excluding hydrogens is 480 g/mol. The maximum atomic E-state index is 13.4. The molecule has 0 aromatic carbocycles. The van der Waals surface area contributed by atoms with E-state index in [0.29, 0.717) is 29.5 Å². The van der Waals surface area contributed by atoms with E-state index in [1.807, 2.05) is 0 Å². The van der Waals surface area contributed by atoms with E-state index in [4.69, 9.17) is 0 Å². The summed E-state index contributed by atoms with van der Waals surface area (Å²) in [6, 6.07) is 0.180. The molecule has 2 N–H and O–H groups in total. The summed E-state index contributed by atoms with van der Waals surface area (Å²) in [4.78, 5) is 26.6. The number of carbonyl (C=O) groups is 2. The van der Waals surface area contributed by atoms with Crippen LogP contribution in [0.5, 0.6) is 0 Å². The van der Waals surface area contributed by atoms with Crippen molar-refractivity contribution in [3.63, 3.8) is 0 Å². The topological polar surface area (TPSA) is 58.2 Å². The maximum absolute atomic E-state index is 13.4. The highest BCUT2D eigenvalue weighted by Gasteiger charge is 2.70. The summed E-state index contributed by atoms with van der Waals surface area (Å²) in [5, 5.41) is 6.75. The SMILES string of the molecule is CC(C)C1=C2[C@H]3CC[C@@H]4[C@@]5(C)C(NC(=O)NC(C)(C)C)CCC(C)(C)[C@@H]5CC[C@@]4(C)[C@]3(C)CC[C@@]2(C)CC1=O. The zero-order valence-electron chi connectivity index (χ0n) is 27.1. The van der Waals surface area contributed by atoms with E-state index in [1.165, 1.54) is 44.1 Å². The van der Waals surface area contributed by atoms with Gasteiger partial charge in [-0.25, -0.2) is 4.79 Å². The minimum atomic E-state index is -0.250. The van der Waals surface area contributed by atoms with E-state index >= 15 is 0 Å². The standard InChI is InChI=1S/C35H58N2O2/c1-21(2)27-23(38)20-32(8)18-19-33(9)22(28(27)32)12-13-25-34(33,10)17-14-24-31(6,7)16-15-26(35(24,25)11)36-29(39)37-30(3,4)5/h21-22,24-26H,12-20H2,1-11H3,(H2,36,37,39)/t22-,24+,25+,26?,32+,33-,34-,35+/m1/s1. The van der Waals surface area contributed by atoms with Crippen molar-refractivity contribution in [2.24, 2.45) is 50.7 Å². The molecule has 4 saturated carbocycles. The minimum absolute atomic E-state index is 0.0102. The third kappa shape index (κ3) is 4.10. The highest BCUT2D eigenvalue weighted by atomic mass is 16.2. The molecule has 0 aliphatic heterocycles. The molecule has 5 aliphatic rings. The molecule has 4 fully saturated rings. The summed E-state index contributed by atoms with van der Waals surface area (Å²) >= 11 is 0. The van der Waals surface area contributed by atoms with Gasteiger partial charge in [-0.3, -0.25) is 4.79 Å². The molecule has 0 heterocycles. The summed E-state index contributed by atoms with van der Waals surface area (Å²) in [5.41, 5.74) is 3.27. The third-order valence-electron chi connectivity index (χ3n) is 13.5. The van der Waals surface area contributed by atoms with Crippen molar-refractivity contribution in [3.8, 4) is 0 Å². The quantitative estimate of drug-likeness (QED) is 0.370. The predicted octanol–water partition coefficient (Wildman–Crippen LogP) is 8.45. The molecule has 2 amide bonds. The molecule has 4 heteroatoms. The fourth-order valence-corrected chi connectivity index (χ4v) is 11.6. The smallest absolute Gasteiger partial charge is 0.315 e. The van der Waals surface area contributed by atoms with E-state index in [9.17, 15) is 9.59 Å². The lowest BCUT2D eigenvalue weighted by atomic mass is 9.32. The van der Waals surface area contributed by atoms with Crippen LogP contribution in [0, 0.1) is 50.7 Å². The van der Waals surface area contributed by atoms with Gasteiger partial charge in [-0.05, 0) is 128 Å². The second-order valence-electron chi connectivity index (χ2n) is 17.5. The molecule has 0 spiro atoms. The Kier molecular flexibility index (Phi) is 6.61. The van der Waals surface area contributed by atoms with Crippen LogP contribution < -0.4 is 10.6 Å². The van der Waals surface area contributed by atoms with Gasteiger partial charge in [0.25, 0.3) is 0 Å². The van der Waals surface area contributed by atoms with Crippen molar-refractivity contribution < 1.29 is 9.59 Å². The molecule has 4 nitrogen and oxygen atoms in total. The lowest BCUT2D eigenvalue weighted by Gasteiger charge is -2.72. The van der Waals surface area contributed by atoms with Gasteiger partial charge in [0.05, 0.1) is 0 Å². The van der Waals surface area contributed by atoms with Crippen molar-refractivity contribution in [2.45, 2.75) is 146 Å². The van der Waals surface area contributed by atoms with Gasteiger partial charge in [-0.2, -0.15) is 0 Å². The van der Waals surface area contributed by atoms with Gasteiger partial charge in [0.2, 0.25) is 0 Å². The van der Waals surface area contributed by atoms with Gasteiger partial charge < -0.3 is 10.6 Å². The fourth-order valence-electron chi connectivity index (χ4n) is 11.6. The van der Waals surface area contributed by atoms with Gasteiger partial charge in [0, 0.05) is 18.0 Å². The normalized spacial score (nSPS) is 45.3. The number of carbonyl (C=O) groups excluding carboxylic acids is 2. The molecule has 5 rings (SSSR count). The number of urea groups is 1. The van der Waals surface area contributed by atoms with E-state index < -0.39 is 0 Å². The Balaban J connectivity index is 1.57. The van der Waals surface area contributed by atoms with Gasteiger partial charge in [0.15, 0.2) is 5.78 Å². The van der Waals surface area contributed by atoms with Crippen molar-refractivity contribution in [1.29, 1.82) is 0 Å². The summed E-state index contributed by atoms with van der Waals surface area (Å²) in [6.45, 7) is 25.9. The minimum Gasteiger partial charge on any atom is -0.335 e. The summed E-state index contributed by atoms with van der Waals surface area (Å²) in [5.74, 6) is 2.41. The van der Waals surface area contributed by atoms with E-state index in [-0.39, 0.29) is 44.7 Å². The molecular formula is C35H58N2O2. The Labute approximate surface area is 239 Å². The van der Waals surface area contributed by atoms with Crippen LogP contribution in [0.3, 0.4) is 0 Å². The summed E-state index contributed by atoms with van der Waals surface area (Å²) < 4.78 is 0. The van der Waals surface area contributed by atoms with Gasteiger partial charge in [0.1, 0.15) is 0 Å². The van der Waals surface area contributed by atoms with Crippen LogP contribution in [0.25, 0.3) is 0 Å². The number of amides is 2. The summed E-state index contributed by atoms with van der Waals surface area (Å²) in [7, 11) is 0. The number of hydrogen-bond donors (Lipinski definition) is 2.